The van der Waals surface area contributed by atoms with Crippen molar-refractivity contribution in [2.45, 2.75) is 0 Å². The number of para-hydroxylation sites is 6. The van der Waals surface area contributed by atoms with Gasteiger partial charge in [-0.2, -0.15) is 0 Å². The molecule has 0 saturated carbocycles. The first-order valence-corrected chi connectivity index (χ1v) is 46.8. The minimum absolute atomic E-state index is 1.15. The van der Waals surface area contributed by atoms with Crippen LogP contribution >= 0.6 is 0 Å². The molecule has 0 aliphatic heterocycles. The van der Waals surface area contributed by atoms with Crippen LogP contribution in [-0.2, 0) is 0 Å². The van der Waals surface area contributed by atoms with E-state index in [-0.39, 0.29) is 0 Å². The molecule has 4 heteroatoms. The monoisotopic (exact) mass is 1730 g/mol. The van der Waals surface area contributed by atoms with Gasteiger partial charge in [0.1, 0.15) is 0 Å². The van der Waals surface area contributed by atoms with Gasteiger partial charge in [0, 0.05) is 65.8 Å². The average Bonchev–Trinajstić information content (AvgIpc) is 1.61. The fourth-order valence-electron chi connectivity index (χ4n) is 21.3. The van der Waals surface area contributed by atoms with Crippen LogP contribution in [-0.4, -0.2) is 18.3 Å². The molecule has 0 spiro atoms. The van der Waals surface area contributed by atoms with Gasteiger partial charge in [-0.3, -0.25) is 0 Å². The Bertz CT molecular complexity index is 9100. The number of benzene rings is 22. The highest BCUT2D eigenvalue weighted by molar-refractivity contribution is 6.15. The predicted molar refractivity (Wildman–Crippen MR) is 575 cm³/mol. The summed E-state index contributed by atoms with van der Waals surface area (Å²) >= 11 is 0. The van der Waals surface area contributed by atoms with Gasteiger partial charge in [-0.1, -0.05) is 400 Å². The van der Waals surface area contributed by atoms with Crippen molar-refractivity contribution in [3.05, 3.63) is 534 Å². The molecule has 136 heavy (non-hydrogen) atoms. The third-order valence-electron chi connectivity index (χ3n) is 27.5. The number of fused-ring (bicyclic) bond motifs is 12. The lowest BCUT2D eigenvalue weighted by atomic mass is 9.85. The van der Waals surface area contributed by atoms with Gasteiger partial charge in [-0.15, -0.1) is 0 Å². The molecule has 0 atom stereocenters. The molecule has 0 N–H and O–H groups in total. The first-order chi connectivity index (χ1) is 67.5. The summed E-state index contributed by atoms with van der Waals surface area (Å²) in [6.07, 6.45) is 0. The molecule has 0 bridgehead atoms. The van der Waals surface area contributed by atoms with Crippen LogP contribution in [0.2, 0.25) is 0 Å². The van der Waals surface area contributed by atoms with E-state index in [1.54, 1.807) is 0 Å². The van der Waals surface area contributed by atoms with Crippen molar-refractivity contribution in [3.8, 4) is 156 Å². The topological polar surface area (TPSA) is 19.7 Å². The molecule has 0 fully saturated rings. The van der Waals surface area contributed by atoms with E-state index >= 15 is 0 Å². The molecule has 636 valence electrons. The van der Waals surface area contributed by atoms with Crippen LogP contribution in [0.15, 0.2) is 534 Å². The highest BCUT2D eigenvalue weighted by Crippen LogP contribution is 2.49. The zero-order valence-electron chi connectivity index (χ0n) is 74.6. The second kappa shape index (κ2) is 34.4. The Labute approximate surface area is 790 Å². The lowest BCUT2D eigenvalue weighted by molar-refractivity contribution is 1.18. The smallest absolute Gasteiger partial charge is 0.0541 e. The summed E-state index contributed by atoms with van der Waals surface area (Å²) < 4.78 is 9.58. The number of nitrogens with zero attached hydrogens (tertiary/aromatic N) is 4. The van der Waals surface area contributed by atoms with E-state index in [0.29, 0.717) is 0 Å². The summed E-state index contributed by atoms with van der Waals surface area (Å²) in [6, 6.07) is 195. The van der Waals surface area contributed by atoms with Gasteiger partial charge in [0.15, 0.2) is 0 Å². The maximum atomic E-state index is 2.41. The lowest BCUT2D eigenvalue weighted by Crippen LogP contribution is -1.94. The summed E-state index contributed by atoms with van der Waals surface area (Å²) in [5, 5.41) is 9.95. The third kappa shape index (κ3) is 14.3. The standard InChI is InChI=1S/2C66H44N2/c1-3-18-45(19-4-1)48-22-17-27-54(42-48)68-64-35-14-12-33-60(64)62-44-50(37-39-66(62)68)47-21-16-24-52(41-47)56-29-8-10-31-58(56)57-30-9-7-28-55(57)51-23-15-20-46(40-51)49-36-38-65-61(43-49)59-32-11-13-34-63(59)67(65)53-25-5-2-6-26-53;1-3-20-45(21-4-1)46-22-19-25-50(42-46)68-64-37-18-16-35-60(64)62-44-48(39-41-66(62)68)52-27-8-10-29-54(52)56-31-12-14-33-58(56)57-32-13-11-30-55(57)53-28-9-7-26-51(53)47-38-40-65-61(43-47)59-34-15-17-36-63(59)67(65)49-23-5-2-6-24-49/h2*1-44H. The second-order valence-electron chi connectivity index (χ2n) is 35.3. The van der Waals surface area contributed by atoms with Gasteiger partial charge in [-0.25, -0.2) is 0 Å². The average molecular weight is 1730 g/mol. The summed E-state index contributed by atoms with van der Waals surface area (Å²) in [6.45, 7) is 0. The summed E-state index contributed by atoms with van der Waals surface area (Å²) in [5.74, 6) is 0. The van der Waals surface area contributed by atoms with E-state index < -0.39 is 0 Å². The highest BCUT2D eigenvalue weighted by atomic mass is 15.0. The summed E-state index contributed by atoms with van der Waals surface area (Å²) in [4.78, 5) is 0. The quantitative estimate of drug-likeness (QED) is 0.0919. The molecule has 4 heterocycles. The van der Waals surface area contributed by atoms with E-state index in [2.05, 4.69) is 552 Å². The molecule has 0 saturated heterocycles. The van der Waals surface area contributed by atoms with Crippen LogP contribution in [0.4, 0.5) is 0 Å². The molecule has 22 aromatic carbocycles. The van der Waals surface area contributed by atoms with E-state index in [4.69, 9.17) is 0 Å². The molecule has 0 unspecified atom stereocenters. The van der Waals surface area contributed by atoms with Crippen molar-refractivity contribution < 1.29 is 0 Å². The van der Waals surface area contributed by atoms with Gasteiger partial charge >= 0.3 is 0 Å². The fraction of sp³-hybridized carbons (Fsp3) is 0. The van der Waals surface area contributed by atoms with Crippen molar-refractivity contribution in [2.24, 2.45) is 0 Å². The van der Waals surface area contributed by atoms with Crippen LogP contribution in [0.3, 0.4) is 0 Å². The first-order valence-electron chi connectivity index (χ1n) is 46.8. The van der Waals surface area contributed by atoms with Crippen LogP contribution in [0.5, 0.6) is 0 Å². The maximum Gasteiger partial charge on any atom is 0.0541 e. The maximum absolute atomic E-state index is 2.41. The Hall–Kier alpha value is -18.0. The minimum Gasteiger partial charge on any atom is -0.309 e. The third-order valence-corrected chi connectivity index (χ3v) is 27.5. The number of hydrogen-bond donors (Lipinski definition) is 0. The Morgan fingerprint density at radius 3 is 0.566 bits per heavy atom. The zero-order chi connectivity index (χ0) is 89.9. The Morgan fingerprint density at radius 1 is 0.0882 bits per heavy atom. The lowest BCUT2D eigenvalue weighted by Gasteiger charge is -2.19. The van der Waals surface area contributed by atoms with Gasteiger partial charge in [-0.05, 0) is 267 Å². The molecule has 26 rings (SSSR count). The molecule has 4 nitrogen and oxygen atoms in total. The molecular formula is C132H88N4. The predicted octanol–water partition coefficient (Wildman–Crippen LogP) is 35.8. The first kappa shape index (κ1) is 80.1. The zero-order valence-corrected chi connectivity index (χ0v) is 74.6. The van der Waals surface area contributed by atoms with Gasteiger partial charge in [0.05, 0.1) is 44.1 Å². The van der Waals surface area contributed by atoms with Crippen molar-refractivity contribution >= 4 is 87.2 Å². The molecule has 26 aromatic rings. The Balaban J connectivity index is 0.000000145. The van der Waals surface area contributed by atoms with Crippen LogP contribution < -0.4 is 0 Å². The SMILES string of the molecule is c1ccc(-c2cccc(-n3c4ccccc4c4cc(-c5cccc(-c6ccccc6-c6ccccc6-c6cccc(-c7ccc8c(c7)c7ccccc7n8-c7ccccc7)c6)c5)ccc43)c2)cc1.c1ccc(-c2cccc(-n3c4ccccc4c4cc(-c5ccccc5-c5ccccc5-c5ccccc5-c5ccccc5-c5ccc6c(c5)c5ccccc5n6-c5ccccc5)ccc43)c2)cc1. The van der Waals surface area contributed by atoms with Crippen LogP contribution in [0, 0.1) is 0 Å². The van der Waals surface area contributed by atoms with E-state index in [9.17, 15) is 0 Å². The second-order valence-corrected chi connectivity index (χ2v) is 35.3. The van der Waals surface area contributed by atoms with E-state index in [0.717, 1.165) is 17.1 Å². The van der Waals surface area contributed by atoms with Crippen molar-refractivity contribution in [1.82, 2.24) is 18.3 Å². The van der Waals surface area contributed by atoms with Gasteiger partial charge < -0.3 is 18.3 Å². The van der Waals surface area contributed by atoms with E-state index in [1.807, 2.05) is 0 Å². The van der Waals surface area contributed by atoms with Gasteiger partial charge in [0.25, 0.3) is 0 Å². The van der Waals surface area contributed by atoms with Crippen molar-refractivity contribution in [2.75, 3.05) is 0 Å². The molecule has 0 radical (unpaired) electrons. The number of hydrogen-bond acceptors (Lipinski definition) is 0. The van der Waals surface area contributed by atoms with Crippen LogP contribution in [0.25, 0.3) is 243 Å². The van der Waals surface area contributed by atoms with Crippen LogP contribution in [0.1, 0.15) is 0 Å². The largest absolute Gasteiger partial charge is 0.309 e. The summed E-state index contributed by atoms with van der Waals surface area (Å²) in [7, 11) is 0. The Morgan fingerprint density at radius 2 is 0.265 bits per heavy atom. The number of aromatic nitrogens is 4. The number of rotatable bonds is 16. The minimum atomic E-state index is 1.15. The highest BCUT2D eigenvalue weighted by Gasteiger charge is 2.24. The van der Waals surface area contributed by atoms with E-state index in [1.165, 1.54) is 226 Å². The van der Waals surface area contributed by atoms with Gasteiger partial charge in [0.2, 0.25) is 0 Å². The molecule has 0 amide bonds. The molecule has 0 aliphatic carbocycles. The Kier molecular flexibility index (Phi) is 20.3. The van der Waals surface area contributed by atoms with Crippen molar-refractivity contribution in [1.29, 1.82) is 0 Å². The molecular weight excluding hydrogens is 1640 g/mol. The normalized spacial score (nSPS) is 11.5. The molecule has 0 aliphatic rings. The fourth-order valence-corrected chi connectivity index (χ4v) is 21.3. The van der Waals surface area contributed by atoms with Crippen molar-refractivity contribution in [3.63, 3.8) is 0 Å². The molecule has 4 aromatic heterocycles. The summed E-state index contributed by atoms with van der Waals surface area (Å²) in [5.41, 5.74) is 43.0.